The summed E-state index contributed by atoms with van der Waals surface area (Å²) in [5.41, 5.74) is 1.82. The van der Waals surface area contributed by atoms with Gasteiger partial charge in [-0.2, -0.15) is 8.78 Å². The fourth-order valence-corrected chi connectivity index (χ4v) is 5.60. The fourth-order valence-electron chi connectivity index (χ4n) is 5.09. The summed E-state index contributed by atoms with van der Waals surface area (Å²) in [5.74, 6) is -2.78. The Balaban J connectivity index is 1.32. The van der Waals surface area contributed by atoms with E-state index in [4.69, 9.17) is 14.2 Å². The maximum Gasteiger partial charge on any atom is 0.411 e. The van der Waals surface area contributed by atoms with Gasteiger partial charge in [-0.3, -0.25) is 4.90 Å². The molecule has 1 aromatic heterocycles. The average Bonchev–Trinajstić information content (AvgIpc) is 3.44. The average molecular weight is 558 g/mol. The first-order valence-corrected chi connectivity index (χ1v) is 14.3. The molecule has 0 unspecified atom stereocenters. The van der Waals surface area contributed by atoms with Gasteiger partial charge in [0.1, 0.15) is 24.7 Å². The minimum Gasteiger partial charge on any atom is -0.491 e. The highest BCUT2D eigenvalue weighted by Gasteiger charge is 2.44. The number of hydrogen-bond donors (Lipinski definition) is 0. The molecule has 2 aromatic carbocycles. The maximum atomic E-state index is 14.6. The molecule has 2 aliphatic heterocycles. The normalized spacial score (nSPS) is 19.5. The lowest BCUT2D eigenvalue weighted by atomic mass is 9.99. The van der Waals surface area contributed by atoms with Crippen LogP contribution in [0.1, 0.15) is 34.8 Å². The summed E-state index contributed by atoms with van der Waals surface area (Å²) in [4.78, 5) is 22.7. The van der Waals surface area contributed by atoms with Gasteiger partial charge in [-0.1, -0.05) is 42.5 Å². The number of halogens is 2. The van der Waals surface area contributed by atoms with Gasteiger partial charge in [0.25, 0.3) is 5.92 Å². The van der Waals surface area contributed by atoms with Gasteiger partial charge >= 0.3 is 6.09 Å². The zero-order valence-corrected chi connectivity index (χ0v) is 21.8. The number of nitrogens with zero attached hydrogens (tertiary/aromatic N) is 3. The van der Waals surface area contributed by atoms with Gasteiger partial charge in [0.15, 0.2) is 0 Å². The molecule has 39 heavy (non-hydrogen) atoms. The fraction of sp³-hybridized carbons (Fsp3) is 0.370. The highest BCUT2D eigenvalue weighted by Crippen LogP contribution is 2.46. The lowest BCUT2D eigenvalue weighted by molar-refractivity contribution is -0.0758. The van der Waals surface area contributed by atoms with Crippen LogP contribution in [0.5, 0.6) is 5.75 Å². The zero-order chi connectivity index (χ0) is 27.4. The van der Waals surface area contributed by atoms with Crippen molar-refractivity contribution in [2.75, 3.05) is 26.1 Å². The van der Waals surface area contributed by atoms with Gasteiger partial charge in [0.2, 0.25) is 15.0 Å². The van der Waals surface area contributed by atoms with Crippen molar-refractivity contribution in [3.63, 3.8) is 0 Å². The predicted molar refractivity (Wildman–Crippen MR) is 134 cm³/mol. The molecule has 204 valence electrons. The van der Waals surface area contributed by atoms with E-state index in [2.05, 4.69) is 9.97 Å². The van der Waals surface area contributed by atoms with Crippen molar-refractivity contribution >= 4 is 15.9 Å². The maximum absolute atomic E-state index is 14.6. The predicted octanol–water partition coefficient (Wildman–Crippen LogP) is 4.06. The Hall–Kier alpha value is -3.64. The van der Waals surface area contributed by atoms with Crippen LogP contribution in [-0.4, -0.2) is 61.5 Å². The number of carbonyl (C=O) groups excluding carboxylic acids is 1. The molecule has 3 aliphatic rings. The van der Waals surface area contributed by atoms with Crippen LogP contribution in [0, 0.1) is 0 Å². The second-order valence-electron chi connectivity index (χ2n) is 9.88. The molecule has 3 heterocycles. The van der Waals surface area contributed by atoms with Crippen molar-refractivity contribution in [3.05, 3.63) is 70.9 Å². The second-order valence-corrected chi connectivity index (χ2v) is 11.8. The van der Waals surface area contributed by atoms with Crippen molar-refractivity contribution in [2.45, 2.75) is 42.6 Å². The standard InChI is InChI=1S/C27H25F2N3O6S/c1-39(34,35)25-30-23(20-9-10-27(28,29)24(20)31-25)17-7-8-19-21(15-37-22(19)11-17)32(18-13-36-14-18)26(33)38-12-16-5-3-2-4-6-16/h2-8,11,18,21H,9-10,12-15H2,1H3/t21-/m0/s1. The molecule has 1 amide bonds. The molecule has 6 rings (SSSR count). The first kappa shape index (κ1) is 25.6. The van der Waals surface area contributed by atoms with Crippen LogP contribution in [0.25, 0.3) is 11.3 Å². The molecule has 0 bridgehead atoms. The Kier molecular flexibility index (Phi) is 6.26. The van der Waals surface area contributed by atoms with Crippen molar-refractivity contribution in [2.24, 2.45) is 0 Å². The molecule has 0 saturated carbocycles. The van der Waals surface area contributed by atoms with E-state index in [0.717, 1.165) is 17.4 Å². The van der Waals surface area contributed by atoms with E-state index < -0.39 is 45.2 Å². The molecule has 0 N–H and O–H groups in total. The molecule has 12 heteroatoms. The monoisotopic (exact) mass is 557 g/mol. The minimum atomic E-state index is -3.93. The van der Waals surface area contributed by atoms with Crippen molar-refractivity contribution in [3.8, 4) is 17.0 Å². The van der Waals surface area contributed by atoms with Gasteiger partial charge in [-0.15, -0.1) is 0 Å². The summed E-state index contributed by atoms with van der Waals surface area (Å²) in [7, 11) is -3.93. The van der Waals surface area contributed by atoms with Crippen LogP contribution in [0.15, 0.2) is 53.7 Å². The summed E-state index contributed by atoms with van der Waals surface area (Å²) in [6, 6.07) is 13.8. The Labute approximate surface area is 223 Å². The van der Waals surface area contributed by atoms with Crippen LogP contribution < -0.4 is 4.74 Å². The third kappa shape index (κ3) is 4.71. The molecular formula is C27H25F2N3O6S. The molecule has 1 saturated heterocycles. The highest BCUT2D eigenvalue weighted by molar-refractivity contribution is 7.90. The number of fused-ring (bicyclic) bond motifs is 2. The van der Waals surface area contributed by atoms with Crippen molar-refractivity contribution in [1.82, 2.24) is 14.9 Å². The van der Waals surface area contributed by atoms with E-state index >= 15 is 0 Å². The minimum absolute atomic E-state index is 0.0188. The first-order valence-electron chi connectivity index (χ1n) is 12.4. The Morgan fingerprint density at radius 3 is 2.59 bits per heavy atom. The topological polar surface area (TPSA) is 108 Å². The molecular weight excluding hydrogens is 532 g/mol. The van der Waals surface area contributed by atoms with E-state index in [1.54, 1.807) is 23.1 Å². The number of rotatable bonds is 6. The molecule has 3 aromatic rings. The Bertz CT molecular complexity index is 1550. The molecule has 0 radical (unpaired) electrons. The molecule has 1 aliphatic carbocycles. The number of aromatic nitrogens is 2. The van der Waals surface area contributed by atoms with Gasteiger partial charge in [-0.25, -0.2) is 23.2 Å². The third-order valence-corrected chi connectivity index (χ3v) is 8.01. The number of amides is 1. The number of sulfone groups is 1. The van der Waals surface area contributed by atoms with Crippen LogP contribution in [-0.2, 0) is 38.3 Å². The summed E-state index contributed by atoms with van der Waals surface area (Å²) in [6.07, 6.45) is -0.0568. The van der Waals surface area contributed by atoms with Gasteiger partial charge in [0, 0.05) is 29.4 Å². The van der Waals surface area contributed by atoms with Crippen molar-refractivity contribution in [1.29, 1.82) is 0 Å². The second kappa shape index (κ2) is 9.53. The summed E-state index contributed by atoms with van der Waals surface area (Å²) >= 11 is 0. The smallest absolute Gasteiger partial charge is 0.411 e. The van der Waals surface area contributed by atoms with Gasteiger partial charge in [0.05, 0.1) is 31.0 Å². The van der Waals surface area contributed by atoms with E-state index in [0.29, 0.717) is 24.5 Å². The van der Waals surface area contributed by atoms with Crippen LogP contribution in [0.2, 0.25) is 0 Å². The Morgan fingerprint density at radius 1 is 1.13 bits per heavy atom. The first-order chi connectivity index (χ1) is 18.6. The highest BCUT2D eigenvalue weighted by atomic mass is 32.2. The Morgan fingerprint density at radius 2 is 1.90 bits per heavy atom. The van der Waals surface area contributed by atoms with Crippen molar-refractivity contribution < 1.29 is 36.2 Å². The van der Waals surface area contributed by atoms with E-state index in [1.807, 2.05) is 30.3 Å². The summed E-state index contributed by atoms with van der Waals surface area (Å²) in [5, 5.41) is -0.644. The molecule has 0 spiro atoms. The molecule has 1 atom stereocenters. The third-order valence-electron chi connectivity index (χ3n) is 7.16. The van der Waals surface area contributed by atoms with E-state index in [9.17, 15) is 22.0 Å². The number of carbonyl (C=O) groups is 1. The molecule has 1 fully saturated rings. The number of hydrogen-bond acceptors (Lipinski definition) is 8. The van der Waals surface area contributed by atoms with Crippen LogP contribution in [0.3, 0.4) is 0 Å². The van der Waals surface area contributed by atoms with E-state index in [1.165, 1.54) is 0 Å². The largest absolute Gasteiger partial charge is 0.491 e. The summed E-state index contributed by atoms with van der Waals surface area (Å²) in [6.45, 7) is 1.04. The SMILES string of the molecule is CS(=O)(=O)c1nc(-c2ccc3c(c2)OC[C@@H]3N(C(=O)OCc2ccccc2)C2COC2)c2c(n1)C(F)(F)CC2. The lowest BCUT2D eigenvalue weighted by Crippen LogP contribution is -2.53. The quantitative estimate of drug-likeness (QED) is 0.418. The van der Waals surface area contributed by atoms with Crippen LogP contribution in [0.4, 0.5) is 13.6 Å². The number of benzene rings is 2. The lowest BCUT2D eigenvalue weighted by Gasteiger charge is -2.39. The molecule has 9 nitrogen and oxygen atoms in total. The number of ether oxygens (including phenoxy) is 3. The summed E-state index contributed by atoms with van der Waals surface area (Å²) < 4.78 is 70.4. The van der Waals surface area contributed by atoms with Gasteiger partial charge in [-0.05, 0) is 18.1 Å². The van der Waals surface area contributed by atoms with Crippen LogP contribution >= 0.6 is 0 Å². The zero-order valence-electron chi connectivity index (χ0n) is 21.0. The number of alkyl halides is 2. The van der Waals surface area contributed by atoms with E-state index in [-0.39, 0.29) is 36.9 Å². The van der Waals surface area contributed by atoms with Gasteiger partial charge < -0.3 is 14.2 Å².